The van der Waals surface area contributed by atoms with Gasteiger partial charge in [0.1, 0.15) is 5.82 Å². The highest BCUT2D eigenvalue weighted by Gasteiger charge is 2.45. The van der Waals surface area contributed by atoms with Crippen molar-refractivity contribution in [2.45, 2.75) is 108 Å². The van der Waals surface area contributed by atoms with Crippen LogP contribution in [-0.2, 0) is 9.53 Å². The van der Waals surface area contributed by atoms with Gasteiger partial charge in [0.05, 0.1) is 24.0 Å². The number of anilines is 1. The Morgan fingerprint density at radius 2 is 1.59 bits per heavy atom. The van der Waals surface area contributed by atoms with Gasteiger partial charge in [-0.05, 0) is 69.6 Å². The second kappa shape index (κ2) is 9.95. The van der Waals surface area contributed by atoms with Crippen molar-refractivity contribution in [3.05, 3.63) is 45.4 Å². The van der Waals surface area contributed by atoms with Crippen LogP contribution in [0.2, 0.25) is 0 Å². The first-order chi connectivity index (χ1) is 19.0. The first-order valence-corrected chi connectivity index (χ1v) is 15.2. The predicted molar refractivity (Wildman–Crippen MR) is 151 cm³/mol. The van der Waals surface area contributed by atoms with Crippen LogP contribution in [0.4, 0.5) is 5.82 Å². The van der Waals surface area contributed by atoms with Crippen LogP contribution in [0.25, 0.3) is 12.2 Å². The number of hydrogen-bond acceptors (Lipinski definition) is 6. The van der Waals surface area contributed by atoms with Gasteiger partial charge in [0.2, 0.25) is 11.6 Å². The molecule has 2 saturated heterocycles. The normalized spacial score (nSPS) is 34.3. The second-order valence-corrected chi connectivity index (χ2v) is 12.7. The van der Waals surface area contributed by atoms with Gasteiger partial charge in [-0.15, -0.1) is 0 Å². The Kier molecular flexibility index (Phi) is 6.41. The average molecular weight is 532 g/mol. The summed E-state index contributed by atoms with van der Waals surface area (Å²) in [6.07, 6.45) is 22.0. The molecule has 8 heteroatoms. The van der Waals surface area contributed by atoms with Crippen LogP contribution in [0.3, 0.4) is 0 Å². The molecular formula is C31H41N5O3. The summed E-state index contributed by atoms with van der Waals surface area (Å²) in [5, 5.41) is 4.52. The van der Waals surface area contributed by atoms with Crippen molar-refractivity contribution in [1.29, 1.82) is 0 Å². The molecule has 1 aromatic rings. The number of amides is 1. The predicted octanol–water partition coefficient (Wildman–Crippen LogP) is 3.02. The van der Waals surface area contributed by atoms with Gasteiger partial charge in [-0.25, -0.2) is 4.98 Å². The zero-order chi connectivity index (χ0) is 26.7. The number of aromatic nitrogens is 2. The Morgan fingerprint density at radius 1 is 0.897 bits per heavy atom. The first-order valence-electron chi connectivity index (χ1n) is 15.2. The molecule has 1 aromatic heterocycles. The topological polar surface area (TPSA) is 79.7 Å². The van der Waals surface area contributed by atoms with Gasteiger partial charge in [-0.3, -0.25) is 19.4 Å². The van der Waals surface area contributed by atoms with Crippen LogP contribution in [0, 0.1) is 11.8 Å². The summed E-state index contributed by atoms with van der Waals surface area (Å²) < 4.78 is 7.31. The van der Waals surface area contributed by atoms with E-state index in [-0.39, 0.29) is 29.1 Å². The van der Waals surface area contributed by atoms with E-state index in [4.69, 9.17) is 9.72 Å². The molecule has 0 spiro atoms. The summed E-state index contributed by atoms with van der Waals surface area (Å²) in [5.74, 6) is 2.18. The lowest BCUT2D eigenvalue weighted by Crippen LogP contribution is -2.60. The van der Waals surface area contributed by atoms with Crippen LogP contribution >= 0.6 is 0 Å². The zero-order valence-corrected chi connectivity index (χ0v) is 23.1. The lowest BCUT2D eigenvalue weighted by Gasteiger charge is -2.55. The Balaban J connectivity index is 1.26. The van der Waals surface area contributed by atoms with E-state index in [1.54, 1.807) is 4.90 Å². The van der Waals surface area contributed by atoms with Gasteiger partial charge >= 0.3 is 0 Å². The molecule has 4 bridgehead atoms. The van der Waals surface area contributed by atoms with Gasteiger partial charge in [-0.2, -0.15) is 0 Å². The number of piperidine rings is 2. The highest BCUT2D eigenvalue weighted by Crippen LogP contribution is 2.47. The third kappa shape index (κ3) is 4.35. The van der Waals surface area contributed by atoms with Crippen molar-refractivity contribution in [3.8, 4) is 0 Å². The molecule has 4 atom stereocenters. The molecule has 8 nitrogen and oxygen atoms in total. The van der Waals surface area contributed by atoms with Gasteiger partial charge in [0.25, 0.3) is 11.5 Å². The van der Waals surface area contributed by atoms with Gasteiger partial charge in [0, 0.05) is 24.2 Å². The molecule has 2 saturated carbocycles. The fourth-order valence-corrected chi connectivity index (χ4v) is 8.85. The number of methoxy groups -OCH3 is 1. The van der Waals surface area contributed by atoms with E-state index >= 15 is 0 Å². The van der Waals surface area contributed by atoms with Gasteiger partial charge in [-0.1, -0.05) is 44.4 Å². The van der Waals surface area contributed by atoms with Gasteiger partial charge < -0.3 is 14.6 Å². The molecule has 208 valence electrons. The highest BCUT2D eigenvalue weighted by molar-refractivity contribution is 5.95. The van der Waals surface area contributed by atoms with Crippen LogP contribution in [0.1, 0.15) is 89.5 Å². The molecular weight excluding hydrogens is 490 g/mol. The van der Waals surface area contributed by atoms with Crippen LogP contribution < -0.4 is 26.5 Å². The van der Waals surface area contributed by atoms with E-state index in [0.29, 0.717) is 17.9 Å². The van der Waals surface area contributed by atoms with E-state index in [2.05, 4.69) is 33.5 Å². The number of ether oxygens (including phenoxy) is 1. The molecule has 1 amide bonds. The minimum absolute atomic E-state index is 0.118. The van der Waals surface area contributed by atoms with Crippen molar-refractivity contribution in [2.75, 3.05) is 12.0 Å². The molecule has 39 heavy (non-hydrogen) atoms. The molecule has 4 unspecified atom stereocenters. The van der Waals surface area contributed by atoms with Crippen molar-refractivity contribution in [1.82, 2.24) is 19.8 Å². The van der Waals surface area contributed by atoms with Crippen molar-refractivity contribution < 1.29 is 9.53 Å². The number of carbonyl (C=O) groups excluding carboxylic acids is 1. The third-order valence-electron chi connectivity index (χ3n) is 10.4. The zero-order valence-electron chi connectivity index (χ0n) is 23.1. The molecule has 3 aliphatic heterocycles. The average Bonchev–Trinajstić information content (AvgIpc) is 2.92. The fourth-order valence-electron chi connectivity index (χ4n) is 8.85. The summed E-state index contributed by atoms with van der Waals surface area (Å²) >= 11 is 0. The highest BCUT2D eigenvalue weighted by atomic mass is 16.5. The third-order valence-corrected chi connectivity index (χ3v) is 10.4. The molecule has 4 heterocycles. The molecule has 3 aliphatic carbocycles. The molecule has 0 aromatic carbocycles. The number of hydrogen-bond donors (Lipinski definition) is 1. The van der Waals surface area contributed by atoms with Crippen LogP contribution in [0.15, 0.2) is 29.2 Å². The fraction of sp³-hybridized carbons (Fsp3) is 0.645. The maximum Gasteiger partial charge on any atom is 0.295 e. The van der Waals surface area contributed by atoms with E-state index < -0.39 is 0 Å². The Hall–Kier alpha value is -2.87. The minimum atomic E-state index is -0.371. The lowest BCUT2D eigenvalue weighted by molar-refractivity contribution is -0.120. The summed E-state index contributed by atoms with van der Waals surface area (Å²) in [6, 6.07) is 1.95. The van der Waals surface area contributed by atoms with E-state index in [9.17, 15) is 9.59 Å². The number of carbonyl (C=O) groups is 1. The van der Waals surface area contributed by atoms with E-state index in [1.165, 1.54) is 71.1 Å². The van der Waals surface area contributed by atoms with Crippen molar-refractivity contribution >= 4 is 23.9 Å². The summed E-state index contributed by atoms with van der Waals surface area (Å²) in [7, 11) is 1.45. The molecule has 4 fully saturated rings. The second-order valence-electron chi connectivity index (χ2n) is 12.7. The first kappa shape index (κ1) is 25.1. The van der Waals surface area contributed by atoms with Crippen molar-refractivity contribution in [3.63, 3.8) is 0 Å². The molecule has 0 radical (unpaired) electrons. The maximum atomic E-state index is 14.3. The number of nitrogens with one attached hydrogen (secondary N) is 1. The standard InChI is InChI=1S/C31H41N5O3/c1-19-32-30(37)28(39-2)18-34(19)29-31(38)36(27-12-4-3-11-26(27)33-29)25-16-22-9-6-10-23(17-25)35(22)24-14-20-7-5-8-21(13-20)15-24/h11-12,18,20-25H,1,3-10,13-17H2,2H3,(H,32,37). The van der Waals surface area contributed by atoms with E-state index in [1.807, 2.05) is 0 Å². The van der Waals surface area contributed by atoms with Crippen molar-refractivity contribution in [2.24, 2.45) is 11.8 Å². The maximum absolute atomic E-state index is 14.3. The largest absolute Gasteiger partial charge is 0.490 e. The summed E-state index contributed by atoms with van der Waals surface area (Å²) in [6.45, 7) is 4.00. The van der Waals surface area contributed by atoms with Crippen LogP contribution in [-0.4, -0.2) is 45.6 Å². The number of fused-ring (bicyclic) bond motifs is 5. The number of nitrogens with zero attached hydrogens (tertiary/aromatic N) is 4. The van der Waals surface area contributed by atoms with Gasteiger partial charge in [0.15, 0.2) is 0 Å². The lowest BCUT2D eigenvalue weighted by atomic mass is 9.68. The number of rotatable bonds is 4. The van der Waals surface area contributed by atoms with E-state index in [0.717, 1.165) is 54.3 Å². The Bertz CT molecular complexity index is 1370. The van der Waals surface area contributed by atoms with Crippen LogP contribution in [0.5, 0.6) is 0 Å². The smallest absolute Gasteiger partial charge is 0.295 e. The summed E-state index contributed by atoms with van der Waals surface area (Å²) in [4.78, 5) is 35.9. The monoisotopic (exact) mass is 531 g/mol. The molecule has 7 rings (SSSR count). The quantitative estimate of drug-likeness (QED) is 0.644. The molecule has 1 N–H and O–H groups in total. The summed E-state index contributed by atoms with van der Waals surface area (Å²) in [5.41, 5.74) is -0.118. The Morgan fingerprint density at radius 3 is 2.31 bits per heavy atom. The minimum Gasteiger partial charge on any atom is -0.490 e. The molecule has 6 aliphatic rings. The SMILES string of the molecule is C=C1NC(=O)C(OC)=CN1c1nc2c(n(C3CC4CCCC(C3)N4C3CC4CCCC(C4)C3)c1=O)=CCCC=2. The Labute approximate surface area is 230 Å².